The molecule has 29 heteroatoms. The lowest BCUT2D eigenvalue weighted by Crippen LogP contribution is -2.54. The van der Waals surface area contributed by atoms with Gasteiger partial charge in [0.15, 0.2) is 0 Å². The van der Waals surface area contributed by atoms with Crippen LogP contribution in [-0.4, -0.2) is 215 Å². The third kappa shape index (κ3) is 16.3. The summed E-state index contributed by atoms with van der Waals surface area (Å²) >= 11 is 0. The molecule has 15 rings (SSSR count). The SMILES string of the molecule is CC(C)(C)OC(=O)N1CCC2(CC1)CCN(c1ccc3c(c1)C(=O)N(C1CCC(=O)NC1=O)C3=O)CC2.CC(C)(C)OC(=O)N1CCC2(CCNCC2)CC1.O=C1CCC(N2C(=O)c3ccc(F)cc3C2=O)C(=O)N1.O=C1CCC(N2C(=O)c3ccc(N4CCC5(CCNCC5)CC4)cc3C2=O)C(=O)N1. The molecule has 3 aromatic carbocycles. The van der Waals surface area contributed by atoms with E-state index in [4.69, 9.17) is 9.47 Å². The molecule has 0 aromatic heterocycles. The lowest BCUT2D eigenvalue weighted by Gasteiger charge is -2.47. The first kappa shape index (κ1) is 75.2. The van der Waals surface area contributed by atoms with Crippen LogP contribution in [0, 0.1) is 22.1 Å². The van der Waals surface area contributed by atoms with Crippen LogP contribution in [0.1, 0.15) is 219 Å². The van der Waals surface area contributed by atoms with Gasteiger partial charge < -0.3 is 39.7 Å². The zero-order valence-corrected chi connectivity index (χ0v) is 60.7. The van der Waals surface area contributed by atoms with Crippen LogP contribution in [0.3, 0.4) is 0 Å². The van der Waals surface area contributed by atoms with Gasteiger partial charge in [0.05, 0.1) is 33.4 Å². The number of carbonyl (C=O) groups is 14. The van der Waals surface area contributed by atoms with E-state index in [2.05, 4.69) is 36.4 Å². The van der Waals surface area contributed by atoms with Gasteiger partial charge in [0.25, 0.3) is 35.4 Å². The monoisotopic (exact) mass is 1450 g/mol. The number of benzene rings is 3. The van der Waals surface area contributed by atoms with Crippen LogP contribution in [0.5, 0.6) is 0 Å². The Labute approximate surface area is 608 Å². The number of imide groups is 6. The number of piperidine rings is 9. The molecular weight excluding hydrogens is 1360 g/mol. The van der Waals surface area contributed by atoms with Crippen molar-refractivity contribution < 1.29 is 81.0 Å². The molecule has 9 saturated heterocycles. The minimum atomic E-state index is -1.02. The largest absolute Gasteiger partial charge is 0.444 e. The van der Waals surface area contributed by atoms with Gasteiger partial charge in [-0.3, -0.25) is 88.2 Å². The van der Waals surface area contributed by atoms with Crippen LogP contribution in [0.2, 0.25) is 0 Å². The summed E-state index contributed by atoms with van der Waals surface area (Å²) in [5, 5.41) is 13.4. The third-order valence-electron chi connectivity index (χ3n) is 22.9. The molecule has 12 aliphatic rings. The number of carbonyl (C=O) groups excluding carboxylic acids is 14. The summed E-state index contributed by atoms with van der Waals surface area (Å²) in [5.41, 5.74) is 3.36. The first-order chi connectivity index (χ1) is 49.8. The van der Waals surface area contributed by atoms with Crippen molar-refractivity contribution in [1.82, 2.24) is 51.1 Å². The van der Waals surface area contributed by atoms with Gasteiger partial charge in [-0.15, -0.1) is 0 Å². The van der Waals surface area contributed by atoms with Crippen LogP contribution < -0.4 is 36.4 Å². The molecule has 562 valence electrons. The van der Waals surface area contributed by atoms with E-state index in [1.54, 1.807) is 29.2 Å². The minimum Gasteiger partial charge on any atom is -0.444 e. The maximum Gasteiger partial charge on any atom is 0.410 e. The van der Waals surface area contributed by atoms with Crippen molar-refractivity contribution in [3.63, 3.8) is 0 Å². The van der Waals surface area contributed by atoms with Gasteiger partial charge in [-0.25, -0.2) is 14.0 Å². The normalized spacial score (nSPS) is 24.2. The minimum absolute atomic E-state index is 0.0537. The molecule has 3 spiro atoms. The smallest absolute Gasteiger partial charge is 0.410 e. The molecule has 0 saturated carbocycles. The van der Waals surface area contributed by atoms with Crippen molar-refractivity contribution in [2.45, 2.75) is 186 Å². The van der Waals surface area contributed by atoms with Crippen molar-refractivity contribution in [3.05, 3.63) is 93.8 Å². The lowest BCUT2D eigenvalue weighted by atomic mass is 9.71. The second-order valence-corrected chi connectivity index (χ2v) is 31.9. The maximum atomic E-state index is 13.2. The molecule has 0 aliphatic carbocycles. The number of ether oxygens (including phenoxy) is 2. The first-order valence-electron chi connectivity index (χ1n) is 36.9. The van der Waals surface area contributed by atoms with E-state index in [-0.39, 0.29) is 78.8 Å². The fraction of sp³-hybridized carbons (Fsp3) is 0.579. The van der Waals surface area contributed by atoms with Gasteiger partial charge in [-0.05, 0) is 235 Å². The Morgan fingerprint density at radius 1 is 0.381 bits per heavy atom. The molecule has 9 fully saturated rings. The Morgan fingerprint density at radius 3 is 0.962 bits per heavy atom. The molecule has 3 aromatic rings. The van der Waals surface area contributed by atoms with E-state index in [9.17, 15) is 71.5 Å². The van der Waals surface area contributed by atoms with Gasteiger partial charge in [0.2, 0.25) is 35.4 Å². The van der Waals surface area contributed by atoms with Gasteiger partial charge in [0, 0.05) is 83.0 Å². The zero-order chi connectivity index (χ0) is 75.1. The average Bonchev–Trinajstić information content (AvgIpc) is 1.61. The highest BCUT2D eigenvalue weighted by molar-refractivity contribution is 6.25. The topological polar surface area (TPSA) is 340 Å². The number of likely N-dealkylation sites (tertiary alicyclic amines) is 2. The van der Waals surface area contributed by atoms with E-state index in [0.29, 0.717) is 46.2 Å². The standard InChI is InChI=1S/C27H34N4O6.C22H26N4O4.C14H26N2O2.C13H9FN2O4/c1-26(2,3)37-25(36)30-14-10-27(11-15-30)8-12-29(13-9-27)17-4-5-18-19(16-17)24(35)31(23(18)34)20-6-7-21(32)28-22(20)33;27-18-4-3-17(19(28)24-18)26-20(29)15-2-1-14(13-16(15)21(26)30)25-11-7-22(8-12-25)5-9-23-10-6-22;1-13(2,3)18-12(17)16-10-6-14(7-11-16)4-8-15-9-5-14;14-6-1-2-7-8(5-6)13(20)16(12(7)19)9-3-4-10(17)15-11(9)18/h4-5,16,20H,6-15H2,1-3H3,(H,28,32,33);1-2,13,17,23H,3-12H2,(H,24,27,28);15H,4-11H2,1-3H3;1-2,5,9H,3-4H2,(H,15,17,18). The van der Waals surface area contributed by atoms with Gasteiger partial charge in [-0.1, -0.05) is 0 Å². The molecule has 0 radical (unpaired) electrons. The van der Waals surface area contributed by atoms with Crippen LogP contribution in [0.25, 0.3) is 0 Å². The van der Waals surface area contributed by atoms with Gasteiger partial charge >= 0.3 is 12.2 Å². The molecule has 0 bridgehead atoms. The Bertz CT molecular complexity index is 4020. The molecular formula is C76H95FN12O16. The Morgan fingerprint density at radius 2 is 0.657 bits per heavy atom. The number of amides is 14. The number of nitrogens with one attached hydrogen (secondary N) is 5. The summed E-state index contributed by atoms with van der Waals surface area (Å²) in [5.74, 6) is -6.92. The summed E-state index contributed by atoms with van der Waals surface area (Å²) in [6.07, 6.45) is 13.6. The van der Waals surface area contributed by atoms with Gasteiger partial charge in [0.1, 0.15) is 35.1 Å². The summed E-state index contributed by atoms with van der Waals surface area (Å²) < 4.78 is 24.1. The number of rotatable bonds is 5. The van der Waals surface area contributed by atoms with Crippen LogP contribution in [0.15, 0.2) is 54.6 Å². The van der Waals surface area contributed by atoms with Crippen molar-refractivity contribution in [2.75, 3.05) is 88.3 Å². The summed E-state index contributed by atoms with van der Waals surface area (Å²) in [4.78, 5) is 182. The summed E-state index contributed by atoms with van der Waals surface area (Å²) in [6, 6.07) is 11.0. The number of hydrogen-bond donors (Lipinski definition) is 5. The highest BCUT2D eigenvalue weighted by atomic mass is 19.1. The number of anilines is 2. The van der Waals surface area contributed by atoms with Crippen LogP contribution in [0.4, 0.5) is 25.4 Å². The Hall–Kier alpha value is -9.51. The predicted octanol–water partition coefficient (Wildman–Crippen LogP) is 6.38. The van der Waals surface area contributed by atoms with Gasteiger partial charge in [-0.2, -0.15) is 0 Å². The third-order valence-corrected chi connectivity index (χ3v) is 22.9. The van der Waals surface area contributed by atoms with Crippen molar-refractivity contribution in [1.29, 1.82) is 0 Å². The first-order valence-corrected chi connectivity index (χ1v) is 36.9. The van der Waals surface area contributed by atoms with Crippen molar-refractivity contribution >= 4 is 94.4 Å². The Balaban J connectivity index is 0.000000137. The zero-order valence-electron chi connectivity index (χ0n) is 60.7. The quantitative estimate of drug-likeness (QED) is 0.173. The highest BCUT2D eigenvalue weighted by Crippen LogP contribution is 2.45. The van der Waals surface area contributed by atoms with E-state index in [0.717, 1.165) is 155 Å². The number of fused-ring (bicyclic) bond motifs is 3. The van der Waals surface area contributed by atoms with E-state index < -0.39 is 94.5 Å². The highest BCUT2D eigenvalue weighted by Gasteiger charge is 2.49. The fourth-order valence-corrected chi connectivity index (χ4v) is 16.6. The Kier molecular flexibility index (Phi) is 21.6. The molecule has 12 aliphatic heterocycles. The van der Waals surface area contributed by atoms with E-state index in [1.165, 1.54) is 31.7 Å². The molecule has 3 unspecified atom stereocenters. The summed E-state index contributed by atoms with van der Waals surface area (Å²) in [6.45, 7) is 22.5. The predicted molar refractivity (Wildman–Crippen MR) is 378 cm³/mol. The molecule has 12 heterocycles. The lowest BCUT2D eigenvalue weighted by molar-refractivity contribution is -0.137. The number of hydrogen-bond acceptors (Lipinski definition) is 20. The summed E-state index contributed by atoms with van der Waals surface area (Å²) in [7, 11) is 0. The average molecular weight is 1450 g/mol. The van der Waals surface area contributed by atoms with E-state index >= 15 is 0 Å². The van der Waals surface area contributed by atoms with Crippen LogP contribution >= 0.6 is 0 Å². The number of halogens is 1. The van der Waals surface area contributed by atoms with E-state index in [1.807, 2.05) is 58.6 Å². The fourth-order valence-electron chi connectivity index (χ4n) is 16.6. The maximum absolute atomic E-state index is 13.2. The van der Waals surface area contributed by atoms with Crippen LogP contribution in [-0.2, 0) is 38.2 Å². The van der Waals surface area contributed by atoms with Crippen molar-refractivity contribution in [3.8, 4) is 0 Å². The molecule has 5 N–H and O–H groups in total. The molecule has 105 heavy (non-hydrogen) atoms. The second kappa shape index (κ2) is 30.2. The molecule has 28 nitrogen and oxygen atoms in total. The molecule has 3 atom stereocenters. The van der Waals surface area contributed by atoms with Crippen molar-refractivity contribution in [2.24, 2.45) is 16.2 Å². The second-order valence-electron chi connectivity index (χ2n) is 31.9. The number of nitrogens with zero attached hydrogens (tertiary/aromatic N) is 7. The molecule has 14 amide bonds.